The van der Waals surface area contributed by atoms with Crippen molar-refractivity contribution >= 4 is 17.9 Å². The van der Waals surface area contributed by atoms with Crippen molar-refractivity contribution in [2.75, 3.05) is 0 Å². The molecule has 1 aromatic heterocycles. The summed E-state index contributed by atoms with van der Waals surface area (Å²) in [6.45, 7) is 0. The number of aromatic amines is 1. The van der Waals surface area contributed by atoms with Crippen LogP contribution >= 0.6 is 11.6 Å². The number of carbonyl (C=O) groups excluding carboxylic acids is 1. The number of aromatic nitrogens is 2. The number of aldehydes is 1. The van der Waals surface area contributed by atoms with E-state index in [1.165, 1.54) is 13.1 Å². The molecule has 0 saturated heterocycles. The summed E-state index contributed by atoms with van der Waals surface area (Å²) in [6.07, 6.45) is 0.332. The Kier molecular flexibility index (Phi) is 3.52. The first-order valence-corrected chi connectivity index (χ1v) is 5.62. The molecule has 0 radical (unpaired) electrons. The smallest absolute Gasteiger partial charge is 0.330 e. The van der Waals surface area contributed by atoms with Gasteiger partial charge in [0.1, 0.15) is 11.3 Å². The van der Waals surface area contributed by atoms with Gasteiger partial charge >= 0.3 is 5.69 Å². The number of rotatable bonds is 3. The molecule has 0 aliphatic rings. The van der Waals surface area contributed by atoms with Crippen molar-refractivity contribution in [2.24, 2.45) is 7.05 Å². The summed E-state index contributed by atoms with van der Waals surface area (Å²) in [5, 5.41) is 0.427. The zero-order chi connectivity index (χ0) is 14.0. The molecule has 19 heavy (non-hydrogen) atoms. The van der Waals surface area contributed by atoms with Gasteiger partial charge < -0.3 is 4.74 Å². The fraction of sp³-hybridized carbons (Fsp3) is 0.0833. The van der Waals surface area contributed by atoms with Gasteiger partial charge in [-0.3, -0.25) is 19.1 Å². The molecule has 0 spiro atoms. The van der Waals surface area contributed by atoms with E-state index in [9.17, 15) is 14.4 Å². The normalized spacial score (nSPS) is 10.2. The van der Waals surface area contributed by atoms with E-state index in [1.807, 2.05) is 0 Å². The van der Waals surface area contributed by atoms with Gasteiger partial charge in [-0.25, -0.2) is 4.79 Å². The highest BCUT2D eigenvalue weighted by molar-refractivity contribution is 6.30. The summed E-state index contributed by atoms with van der Waals surface area (Å²) in [4.78, 5) is 36.4. The maximum absolute atomic E-state index is 11.7. The second kappa shape index (κ2) is 5.11. The predicted octanol–water partition coefficient (Wildman–Crippen LogP) is 1.33. The molecule has 0 saturated carbocycles. The van der Waals surface area contributed by atoms with E-state index in [1.54, 1.807) is 18.2 Å². The van der Waals surface area contributed by atoms with Crippen LogP contribution in [0.3, 0.4) is 0 Å². The summed E-state index contributed by atoms with van der Waals surface area (Å²) in [7, 11) is 1.26. The minimum Gasteiger partial charge on any atom is -0.440 e. The Morgan fingerprint density at radius 2 is 2.11 bits per heavy atom. The van der Waals surface area contributed by atoms with Gasteiger partial charge in [0, 0.05) is 12.1 Å². The van der Waals surface area contributed by atoms with Crippen molar-refractivity contribution in [2.45, 2.75) is 0 Å². The van der Waals surface area contributed by atoms with E-state index >= 15 is 0 Å². The van der Waals surface area contributed by atoms with E-state index in [-0.39, 0.29) is 11.4 Å². The second-order valence-corrected chi connectivity index (χ2v) is 4.15. The molecule has 0 aliphatic heterocycles. The van der Waals surface area contributed by atoms with Crippen LogP contribution in [0.15, 0.2) is 33.9 Å². The minimum absolute atomic E-state index is 0.203. The molecule has 1 aromatic carbocycles. The lowest BCUT2D eigenvalue weighted by Crippen LogP contribution is -2.35. The van der Waals surface area contributed by atoms with Gasteiger partial charge in [-0.05, 0) is 18.2 Å². The topological polar surface area (TPSA) is 81.2 Å². The number of hydrogen-bond donors (Lipinski definition) is 1. The standard InChI is InChI=1S/C12H9ClN2O4/c1-15-11(17)9(6-16)10(14-12(15)18)19-8-4-2-3-7(13)5-8/h2-6H,1H3,(H,14,18). The maximum atomic E-state index is 11.7. The van der Waals surface area contributed by atoms with Crippen LogP contribution in [-0.2, 0) is 7.05 Å². The average molecular weight is 281 g/mol. The lowest BCUT2D eigenvalue weighted by Gasteiger charge is -2.08. The van der Waals surface area contributed by atoms with Gasteiger partial charge in [0.25, 0.3) is 5.56 Å². The highest BCUT2D eigenvalue weighted by atomic mass is 35.5. The van der Waals surface area contributed by atoms with Crippen LogP contribution in [0.4, 0.5) is 0 Å². The van der Waals surface area contributed by atoms with E-state index in [2.05, 4.69) is 4.98 Å². The number of H-pyrrole nitrogens is 1. The van der Waals surface area contributed by atoms with Crippen molar-refractivity contribution in [1.82, 2.24) is 9.55 Å². The van der Waals surface area contributed by atoms with Gasteiger partial charge in [-0.15, -0.1) is 0 Å². The Labute approximate surface area is 112 Å². The third-order valence-corrected chi connectivity index (χ3v) is 2.67. The van der Waals surface area contributed by atoms with Gasteiger partial charge in [0.05, 0.1) is 0 Å². The maximum Gasteiger partial charge on any atom is 0.330 e. The second-order valence-electron chi connectivity index (χ2n) is 3.71. The van der Waals surface area contributed by atoms with Gasteiger partial charge in [-0.2, -0.15) is 0 Å². The van der Waals surface area contributed by atoms with Crippen LogP contribution < -0.4 is 16.0 Å². The van der Waals surface area contributed by atoms with E-state index < -0.39 is 11.2 Å². The molecule has 2 rings (SSSR count). The average Bonchev–Trinajstić information content (AvgIpc) is 2.37. The molecule has 0 bridgehead atoms. The molecular formula is C12H9ClN2O4. The predicted molar refractivity (Wildman–Crippen MR) is 69.2 cm³/mol. The van der Waals surface area contributed by atoms with Gasteiger partial charge in [0.15, 0.2) is 6.29 Å². The summed E-state index contributed by atoms with van der Waals surface area (Å²) in [6, 6.07) is 6.35. The number of carbonyl (C=O) groups is 1. The van der Waals surface area contributed by atoms with E-state index in [4.69, 9.17) is 16.3 Å². The van der Waals surface area contributed by atoms with Crippen molar-refractivity contribution in [3.05, 3.63) is 55.7 Å². The number of halogens is 1. The molecule has 98 valence electrons. The third kappa shape index (κ3) is 2.58. The molecule has 0 unspecified atom stereocenters. The monoisotopic (exact) mass is 280 g/mol. The highest BCUT2D eigenvalue weighted by Gasteiger charge is 2.13. The zero-order valence-corrected chi connectivity index (χ0v) is 10.6. The highest BCUT2D eigenvalue weighted by Crippen LogP contribution is 2.22. The Hall–Kier alpha value is -2.34. The number of benzene rings is 1. The Bertz CT molecular complexity index is 748. The molecule has 0 fully saturated rings. The first kappa shape index (κ1) is 13.1. The summed E-state index contributed by atoms with van der Waals surface area (Å²) >= 11 is 5.79. The van der Waals surface area contributed by atoms with Crippen LogP contribution in [0.5, 0.6) is 11.6 Å². The van der Waals surface area contributed by atoms with Crippen molar-refractivity contribution in [3.63, 3.8) is 0 Å². The lowest BCUT2D eigenvalue weighted by atomic mass is 10.3. The van der Waals surface area contributed by atoms with E-state index in [0.717, 1.165) is 4.57 Å². The zero-order valence-electron chi connectivity index (χ0n) is 9.84. The van der Waals surface area contributed by atoms with E-state index in [0.29, 0.717) is 17.1 Å². The van der Waals surface area contributed by atoms with Gasteiger partial charge in [0.2, 0.25) is 5.88 Å². The molecule has 6 nitrogen and oxygen atoms in total. The summed E-state index contributed by atoms with van der Waals surface area (Å²) in [5.74, 6) is 0.102. The van der Waals surface area contributed by atoms with Crippen molar-refractivity contribution < 1.29 is 9.53 Å². The Balaban J connectivity index is 2.54. The molecule has 0 amide bonds. The van der Waals surface area contributed by atoms with Crippen LogP contribution in [0.1, 0.15) is 10.4 Å². The fourth-order valence-electron chi connectivity index (χ4n) is 1.45. The quantitative estimate of drug-likeness (QED) is 0.860. The summed E-state index contributed by atoms with van der Waals surface area (Å²) in [5.41, 5.74) is -1.66. The van der Waals surface area contributed by atoms with Crippen LogP contribution in [-0.4, -0.2) is 15.8 Å². The Morgan fingerprint density at radius 1 is 1.37 bits per heavy atom. The molecule has 7 heteroatoms. The number of nitrogens with one attached hydrogen (secondary N) is 1. The summed E-state index contributed by atoms with van der Waals surface area (Å²) < 4.78 is 6.10. The van der Waals surface area contributed by atoms with Crippen LogP contribution in [0, 0.1) is 0 Å². The molecule has 0 aliphatic carbocycles. The molecule has 2 aromatic rings. The fourth-order valence-corrected chi connectivity index (χ4v) is 1.63. The first-order valence-electron chi connectivity index (χ1n) is 5.25. The van der Waals surface area contributed by atoms with Crippen molar-refractivity contribution in [1.29, 1.82) is 0 Å². The molecule has 0 atom stereocenters. The SMILES string of the molecule is Cn1c(=O)[nH]c(Oc2cccc(Cl)c2)c(C=O)c1=O. The Morgan fingerprint density at radius 3 is 2.74 bits per heavy atom. The van der Waals surface area contributed by atoms with Gasteiger partial charge in [-0.1, -0.05) is 17.7 Å². The van der Waals surface area contributed by atoms with Crippen LogP contribution in [0.25, 0.3) is 0 Å². The number of hydrogen-bond acceptors (Lipinski definition) is 4. The van der Waals surface area contributed by atoms with Crippen molar-refractivity contribution in [3.8, 4) is 11.6 Å². The largest absolute Gasteiger partial charge is 0.440 e. The molecular weight excluding hydrogens is 272 g/mol. The lowest BCUT2D eigenvalue weighted by molar-refractivity contribution is 0.111. The first-order chi connectivity index (χ1) is 9.02. The minimum atomic E-state index is -0.726. The number of nitrogens with zero attached hydrogens (tertiary/aromatic N) is 1. The third-order valence-electron chi connectivity index (χ3n) is 2.44. The number of ether oxygens (including phenoxy) is 1. The molecule has 1 N–H and O–H groups in total. The van der Waals surface area contributed by atoms with Crippen LogP contribution in [0.2, 0.25) is 5.02 Å². The molecule has 1 heterocycles.